The Labute approximate surface area is 138 Å². The third-order valence-electron chi connectivity index (χ3n) is 3.33. The van der Waals surface area contributed by atoms with E-state index in [1.807, 2.05) is 12.1 Å². The summed E-state index contributed by atoms with van der Waals surface area (Å²) < 4.78 is 1.14. The molecule has 0 bridgehead atoms. The van der Waals surface area contributed by atoms with E-state index in [0.29, 0.717) is 12.2 Å². The van der Waals surface area contributed by atoms with Crippen LogP contribution in [0.25, 0.3) is 11.3 Å². The zero-order valence-electron chi connectivity index (χ0n) is 12.8. The topological polar surface area (TPSA) is 89.8 Å². The molecular formula is C17H15N5O2. The Bertz CT molecular complexity index is 878. The number of amides is 1. The van der Waals surface area contributed by atoms with E-state index in [4.69, 9.17) is 0 Å². The van der Waals surface area contributed by atoms with E-state index in [1.54, 1.807) is 43.0 Å². The van der Waals surface area contributed by atoms with E-state index in [0.717, 1.165) is 15.8 Å². The molecule has 0 aliphatic carbocycles. The van der Waals surface area contributed by atoms with Crippen LogP contribution in [0, 0.1) is 0 Å². The van der Waals surface area contributed by atoms with E-state index in [1.165, 1.54) is 6.07 Å². The highest BCUT2D eigenvalue weighted by molar-refractivity contribution is 5.75. The number of carbonyl (C=O) groups is 1. The summed E-state index contributed by atoms with van der Waals surface area (Å²) in [6.45, 7) is 0.205. The highest BCUT2D eigenvalue weighted by Gasteiger charge is 2.08. The van der Waals surface area contributed by atoms with Crippen LogP contribution >= 0.6 is 0 Å². The normalized spacial score (nSPS) is 10.3. The van der Waals surface area contributed by atoms with Gasteiger partial charge in [0.05, 0.1) is 5.69 Å². The molecular weight excluding hydrogens is 306 g/mol. The van der Waals surface area contributed by atoms with Gasteiger partial charge in [-0.15, -0.1) is 0 Å². The second kappa shape index (κ2) is 7.28. The number of rotatable bonds is 5. The molecule has 0 saturated heterocycles. The van der Waals surface area contributed by atoms with Crippen LogP contribution in [0.15, 0.2) is 66.0 Å². The predicted octanol–water partition coefficient (Wildman–Crippen LogP) is 1.02. The van der Waals surface area contributed by atoms with E-state index in [2.05, 4.69) is 20.4 Å². The summed E-state index contributed by atoms with van der Waals surface area (Å²) in [6.07, 6.45) is 6.65. The van der Waals surface area contributed by atoms with Gasteiger partial charge in [-0.05, 0) is 29.8 Å². The second-order valence-electron chi connectivity index (χ2n) is 5.09. The monoisotopic (exact) mass is 321 g/mol. The lowest BCUT2D eigenvalue weighted by Crippen LogP contribution is -2.33. The summed E-state index contributed by atoms with van der Waals surface area (Å²) in [5.74, 6) is -0.295. The first-order valence-corrected chi connectivity index (χ1v) is 7.36. The summed E-state index contributed by atoms with van der Waals surface area (Å²) in [7, 11) is 0. The third kappa shape index (κ3) is 3.89. The average Bonchev–Trinajstić information content (AvgIpc) is 2.63. The summed E-state index contributed by atoms with van der Waals surface area (Å²) >= 11 is 0. The Kier molecular flexibility index (Phi) is 4.71. The zero-order chi connectivity index (χ0) is 16.8. The first-order chi connectivity index (χ1) is 11.7. The van der Waals surface area contributed by atoms with Crippen LogP contribution in [0.5, 0.6) is 0 Å². The molecule has 0 aliphatic rings. The SMILES string of the molecule is O=C(Cn1nc(-c2cccnc2)ccc1=O)NCc1cccnc1. The molecule has 0 radical (unpaired) electrons. The highest BCUT2D eigenvalue weighted by atomic mass is 16.2. The fraction of sp³-hybridized carbons (Fsp3) is 0.118. The van der Waals surface area contributed by atoms with Gasteiger partial charge in [-0.25, -0.2) is 4.68 Å². The van der Waals surface area contributed by atoms with Crippen LogP contribution in [0.3, 0.4) is 0 Å². The minimum Gasteiger partial charge on any atom is -0.350 e. The lowest BCUT2D eigenvalue weighted by Gasteiger charge is -2.08. The maximum Gasteiger partial charge on any atom is 0.267 e. The second-order valence-corrected chi connectivity index (χ2v) is 5.09. The molecule has 3 heterocycles. The van der Waals surface area contributed by atoms with Crippen molar-refractivity contribution in [2.75, 3.05) is 0 Å². The van der Waals surface area contributed by atoms with E-state index < -0.39 is 0 Å². The van der Waals surface area contributed by atoms with Gasteiger partial charge in [0.25, 0.3) is 5.56 Å². The summed E-state index contributed by atoms with van der Waals surface area (Å²) in [5, 5.41) is 6.97. The van der Waals surface area contributed by atoms with Gasteiger partial charge >= 0.3 is 0 Å². The maximum atomic E-state index is 12.0. The molecule has 0 aliphatic heterocycles. The van der Waals surface area contributed by atoms with Gasteiger partial charge in [0.1, 0.15) is 6.54 Å². The number of nitrogens with one attached hydrogen (secondary N) is 1. The Morgan fingerprint density at radius 1 is 1.04 bits per heavy atom. The maximum absolute atomic E-state index is 12.0. The number of hydrogen-bond donors (Lipinski definition) is 1. The highest BCUT2D eigenvalue weighted by Crippen LogP contribution is 2.12. The molecule has 3 rings (SSSR count). The smallest absolute Gasteiger partial charge is 0.267 e. The first kappa shape index (κ1) is 15.5. The van der Waals surface area contributed by atoms with Gasteiger partial charge in [0.15, 0.2) is 0 Å². The molecule has 0 atom stereocenters. The molecule has 0 aromatic carbocycles. The largest absolute Gasteiger partial charge is 0.350 e. The van der Waals surface area contributed by atoms with Crippen LogP contribution in [-0.4, -0.2) is 25.7 Å². The van der Waals surface area contributed by atoms with Gasteiger partial charge < -0.3 is 5.32 Å². The molecule has 0 unspecified atom stereocenters. The van der Waals surface area contributed by atoms with E-state index in [-0.39, 0.29) is 18.0 Å². The molecule has 0 saturated carbocycles. The van der Waals surface area contributed by atoms with E-state index in [9.17, 15) is 9.59 Å². The van der Waals surface area contributed by atoms with Crippen molar-refractivity contribution in [3.8, 4) is 11.3 Å². The van der Waals surface area contributed by atoms with Crippen molar-refractivity contribution in [2.45, 2.75) is 13.1 Å². The lowest BCUT2D eigenvalue weighted by molar-refractivity contribution is -0.122. The molecule has 1 N–H and O–H groups in total. The minimum atomic E-state index is -0.334. The number of carbonyl (C=O) groups excluding carboxylic acids is 1. The molecule has 7 nitrogen and oxygen atoms in total. The van der Waals surface area contributed by atoms with Crippen LogP contribution in [0.4, 0.5) is 0 Å². The quantitative estimate of drug-likeness (QED) is 0.757. The Hall–Kier alpha value is -3.35. The van der Waals surface area contributed by atoms with E-state index >= 15 is 0 Å². The van der Waals surface area contributed by atoms with Crippen molar-refractivity contribution in [1.29, 1.82) is 0 Å². The Balaban J connectivity index is 1.70. The van der Waals surface area contributed by atoms with Crippen LogP contribution in [0.2, 0.25) is 0 Å². The van der Waals surface area contributed by atoms with Gasteiger partial charge in [0.2, 0.25) is 5.91 Å². The van der Waals surface area contributed by atoms with Gasteiger partial charge in [-0.1, -0.05) is 6.07 Å². The summed E-state index contributed by atoms with van der Waals surface area (Å²) in [4.78, 5) is 32.0. The molecule has 24 heavy (non-hydrogen) atoms. The van der Waals surface area contributed by atoms with Crippen LogP contribution in [-0.2, 0) is 17.9 Å². The van der Waals surface area contributed by atoms with Crippen molar-refractivity contribution >= 4 is 5.91 Å². The molecule has 1 amide bonds. The predicted molar refractivity (Wildman–Crippen MR) is 87.8 cm³/mol. The van der Waals surface area contributed by atoms with Gasteiger partial charge in [-0.2, -0.15) is 5.10 Å². The molecule has 0 spiro atoms. The fourth-order valence-corrected chi connectivity index (χ4v) is 2.13. The summed E-state index contributed by atoms with van der Waals surface area (Å²) in [5.41, 5.74) is 1.92. The Morgan fingerprint density at radius 2 is 1.83 bits per heavy atom. The Morgan fingerprint density at radius 3 is 2.54 bits per heavy atom. The third-order valence-corrected chi connectivity index (χ3v) is 3.33. The van der Waals surface area contributed by atoms with Gasteiger partial charge in [-0.3, -0.25) is 19.6 Å². The molecule has 7 heteroatoms. The van der Waals surface area contributed by atoms with Crippen molar-refractivity contribution in [3.05, 3.63) is 77.1 Å². The number of pyridine rings is 2. The molecule has 0 fully saturated rings. The van der Waals surface area contributed by atoms with Crippen LogP contribution < -0.4 is 10.9 Å². The molecule has 3 aromatic rings. The number of hydrogen-bond acceptors (Lipinski definition) is 5. The molecule has 3 aromatic heterocycles. The average molecular weight is 321 g/mol. The number of aromatic nitrogens is 4. The van der Waals surface area contributed by atoms with Crippen molar-refractivity contribution in [3.63, 3.8) is 0 Å². The number of nitrogens with zero attached hydrogens (tertiary/aromatic N) is 4. The first-order valence-electron chi connectivity index (χ1n) is 7.36. The van der Waals surface area contributed by atoms with Crippen molar-refractivity contribution in [1.82, 2.24) is 25.1 Å². The lowest BCUT2D eigenvalue weighted by atomic mass is 10.2. The van der Waals surface area contributed by atoms with Crippen molar-refractivity contribution in [2.24, 2.45) is 0 Å². The molecule has 120 valence electrons. The van der Waals surface area contributed by atoms with Crippen molar-refractivity contribution < 1.29 is 4.79 Å². The van der Waals surface area contributed by atoms with Crippen LogP contribution in [0.1, 0.15) is 5.56 Å². The fourth-order valence-electron chi connectivity index (χ4n) is 2.13. The zero-order valence-corrected chi connectivity index (χ0v) is 12.8. The summed E-state index contributed by atoms with van der Waals surface area (Å²) in [6, 6.07) is 10.3. The minimum absolute atomic E-state index is 0.146. The standard InChI is InChI=1S/C17H15N5O2/c23-16(20-10-13-3-1-7-18-9-13)12-22-17(24)6-5-15(21-22)14-4-2-8-19-11-14/h1-9,11H,10,12H2,(H,20,23). The van der Waals surface area contributed by atoms with Gasteiger partial charge in [0, 0.05) is 43.0 Å².